The molecule has 1 aromatic heterocycles. The van der Waals surface area contributed by atoms with E-state index in [2.05, 4.69) is 9.97 Å². The average molecular weight is 682 g/mol. The van der Waals surface area contributed by atoms with Crippen LogP contribution in [0.15, 0.2) is 48.8 Å². The number of amides is 1. The molecule has 1 aliphatic carbocycles. The van der Waals surface area contributed by atoms with Gasteiger partial charge in [0.25, 0.3) is 5.91 Å². The third-order valence-electron chi connectivity index (χ3n) is 10.7. The van der Waals surface area contributed by atoms with E-state index in [0.717, 1.165) is 6.07 Å². The van der Waals surface area contributed by atoms with Crippen LogP contribution in [0.5, 0.6) is 0 Å². The highest BCUT2D eigenvalue weighted by molar-refractivity contribution is 6.45. The normalized spacial score (nSPS) is 23.3. The summed E-state index contributed by atoms with van der Waals surface area (Å²) in [6.45, 7) is 1.26. The van der Waals surface area contributed by atoms with Gasteiger partial charge in [0, 0.05) is 59.8 Å². The summed E-state index contributed by atoms with van der Waals surface area (Å²) in [6.07, 6.45) is 3.85. The van der Waals surface area contributed by atoms with Crippen molar-refractivity contribution in [3.63, 3.8) is 0 Å². The quantitative estimate of drug-likeness (QED) is 0.327. The number of carbonyl (C=O) groups excluding carboxylic acids is 1. The number of alkyl halides is 1. The Hall–Kier alpha value is -2.47. The number of hydrogen-bond donors (Lipinski definition) is 2. The van der Waals surface area contributed by atoms with Gasteiger partial charge in [0.2, 0.25) is 0 Å². The molecule has 0 spiro atoms. The lowest BCUT2D eigenvalue weighted by Gasteiger charge is -2.51. The predicted octanol–water partition coefficient (Wildman–Crippen LogP) is 1.13. The van der Waals surface area contributed by atoms with Crippen molar-refractivity contribution in [2.45, 2.75) is 66.9 Å². The number of hydrogen-bond acceptors (Lipinski definition) is 7. The minimum Gasteiger partial charge on any atom is -0.407 e. The maximum Gasteiger partial charge on any atom is 0.257 e. The second kappa shape index (κ2) is 11.6. The van der Waals surface area contributed by atoms with Crippen LogP contribution in [-0.2, 0) is 27.3 Å². The van der Waals surface area contributed by atoms with Crippen LogP contribution in [0.25, 0.3) is 0 Å². The lowest BCUT2D eigenvalue weighted by molar-refractivity contribution is -0.169. The Morgan fingerprint density at radius 2 is 1.60 bits per heavy atom. The minimum atomic E-state index is -2.15. The first-order valence-electron chi connectivity index (χ1n) is 15.7. The summed E-state index contributed by atoms with van der Waals surface area (Å²) < 4.78 is 45.8. The molecule has 2 N–H and O–H groups in total. The SMILES string of the molecule is BC(B)(O)C1(C(B)(B)O[C@]2(c3ccc(Cl)cc3)c3c(F)cc(C(C)(O)C4(F)CCOCC4)cc3C(=O)N2Cc2ncc(Cl)cn2)CC1. The highest BCUT2D eigenvalue weighted by Crippen LogP contribution is 2.62. The Bertz CT molecular complexity index is 1700. The summed E-state index contributed by atoms with van der Waals surface area (Å²) in [5.41, 5.74) is -6.87. The number of aliphatic hydroxyl groups is 2. The van der Waals surface area contributed by atoms with Crippen LogP contribution in [0.1, 0.15) is 65.5 Å². The second-order valence-corrected chi connectivity index (χ2v) is 15.0. The summed E-state index contributed by atoms with van der Waals surface area (Å²) >= 11 is 12.4. The van der Waals surface area contributed by atoms with Gasteiger partial charge in [0.15, 0.2) is 5.72 Å². The van der Waals surface area contributed by atoms with Crippen molar-refractivity contribution >= 4 is 60.5 Å². The predicted molar refractivity (Wildman–Crippen MR) is 184 cm³/mol. The van der Waals surface area contributed by atoms with Gasteiger partial charge < -0.3 is 19.7 Å². The number of benzene rings is 2. The number of rotatable bonds is 9. The summed E-state index contributed by atoms with van der Waals surface area (Å²) in [5.74, 6) is -1.31. The summed E-state index contributed by atoms with van der Waals surface area (Å²) in [6, 6.07) is 8.97. The molecule has 1 unspecified atom stereocenters. The van der Waals surface area contributed by atoms with Gasteiger partial charge >= 0.3 is 0 Å². The molecule has 2 aliphatic heterocycles. The molecule has 0 radical (unpaired) electrons. The fourth-order valence-electron chi connectivity index (χ4n) is 7.69. The highest BCUT2D eigenvalue weighted by atomic mass is 35.5. The van der Waals surface area contributed by atoms with Gasteiger partial charge in [-0.15, -0.1) is 0 Å². The van der Waals surface area contributed by atoms with E-state index in [1.54, 1.807) is 40.0 Å². The number of fused-ring (bicyclic) bond motifs is 1. The van der Waals surface area contributed by atoms with Crippen LogP contribution < -0.4 is 0 Å². The molecule has 16 heteroatoms. The molecular weight excluding hydrogens is 647 g/mol. The molecule has 2 atom stereocenters. The van der Waals surface area contributed by atoms with Crippen LogP contribution >= 0.6 is 23.2 Å². The highest BCUT2D eigenvalue weighted by Gasteiger charge is 2.66. The fraction of sp³-hybridized carbons (Fsp3) is 0.452. The lowest BCUT2D eigenvalue weighted by atomic mass is 9.43. The number of halogens is 4. The minimum absolute atomic E-state index is 0.0875. The van der Waals surface area contributed by atoms with Gasteiger partial charge in [-0.3, -0.25) is 9.69 Å². The van der Waals surface area contributed by atoms with Crippen molar-refractivity contribution in [1.29, 1.82) is 0 Å². The monoisotopic (exact) mass is 681 g/mol. The third kappa shape index (κ3) is 5.44. The van der Waals surface area contributed by atoms with E-state index in [0.29, 0.717) is 23.4 Å². The summed E-state index contributed by atoms with van der Waals surface area (Å²) in [4.78, 5) is 24.6. The molecule has 6 rings (SSSR count). The Kier molecular flexibility index (Phi) is 8.46. The van der Waals surface area contributed by atoms with Gasteiger partial charge in [0.05, 0.1) is 22.7 Å². The molecule has 0 bridgehead atoms. The maximum absolute atomic E-state index is 17.1. The zero-order chi connectivity index (χ0) is 34.2. The average Bonchev–Trinajstić information content (AvgIpc) is 3.80. The Morgan fingerprint density at radius 3 is 2.15 bits per heavy atom. The number of ether oxygens (including phenoxy) is 2. The van der Waals surface area contributed by atoms with E-state index in [-0.39, 0.29) is 60.1 Å². The van der Waals surface area contributed by atoms with Crippen molar-refractivity contribution in [1.82, 2.24) is 14.9 Å². The van der Waals surface area contributed by atoms with Crippen LogP contribution in [0.4, 0.5) is 8.78 Å². The van der Waals surface area contributed by atoms with Crippen LogP contribution in [0.3, 0.4) is 0 Å². The first-order valence-corrected chi connectivity index (χ1v) is 16.4. The van der Waals surface area contributed by atoms with E-state index in [9.17, 15) is 15.0 Å². The second-order valence-electron chi connectivity index (χ2n) is 14.1. The van der Waals surface area contributed by atoms with Crippen molar-refractivity contribution in [3.8, 4) is 0 Å². The van der Waals surface area contributed by atoms with Crippen LogP contribution in [0, 0.1) is 11.2 Å². The van der Waals surface area contributed by atoms with Gasteiger partial charge in [-0.05, 0) is 55.0 Å². The van der Waals surface area contributed by atoms with Gasteiger partial charge in [-0.2, -0.15) is 0 Å². The number of carbonyl (C=O) groups is 1. The topological polar surface area (TPSA) is 105 Å². The lowest BCUT2D eigenvalue weighted by Crippen LogP contribution is -2.62. The third-order valence-corrected chi connectivity index (χ3v) is 11.1. The van der Waals surface area contributed by atoms with E-state index in [1.165, 1.54) is 30.3 Å². The van der Waals surface area contributed by atoms with Gasteiger partial charge in [-0.25, -0.2) is 18.7 Å². The maximum atomic E-state index is 17.1. The molecule has 2 aromatic carbocycles. The molecule has 47 heavy (non-hydrogen) atoms. The van der Waals surface area contributed by atoms with E-state index in [4.69, 9.17) is 32.7 Å². The Morgan fingerprint density at radius 1 is 1.00 bits per heavy atom. The number of aromatic nitrogens is 2. The van der Waals surface area contributed by atoms with Crippen molar-refractivity contribution in [3.05, 3.63) is 92.7 Å². The first kappa shape index (κ1) is 34.4. The van der Waals surface area contributed by atoms with Crippen molar-refractivity contribution in [2.24, 2.45) is 5.41 Å². The largest absolute Gasteiger partial charge is 0.407 e. The molecule has 1 saturated carbocycles. The number of nitrogens with zero attached hydrogens (tertiary/aromatic N) is 3. The van der Waals surface area contributed by atoms with Crippen LogP contribution in [0.2, 0.25) is 10.0 Å². The van der Waals surface area contributed by atoms with Crippen molar-refractivity contribution < 1.29 is 33.3 Å². The molecule has 2 fully saturated rings. The zero-order valence-corrected chi connectivity index (χ0v) is 28.6. The van der Waals surface area contributed by atoms with Gasteiger partial charge in [0.1, 0.15) is 54.3 Å². The Balaban J connectivity index is 1.61. The van der Waals surface area contributed by atoms with E-state index >= 15 is 8.78 Å². The first-order chi connectivity index (χ1) is 21.9. The Labute approximate surface area is 286 Å². The van der Waals surface area contributed by atoms with E-state index in [1.807, 2.05) is 15.7 Å². The smallest absolute Gasteiger partial charge is 0.257 e. The zero-order valence-electron chi connectivity index (χ0n) is 27.0. The van der Waals surface area contributed by atoms with Crippen LogP contribution in [-0.4, -0.2) is 92.1 Å². The molecule has 3 aromatic rings. The van der Waals surface area contributed by atoms with Crippen molar-refractivity contribution in [2.75, 3.05) is 13.2 Å². The fourth-order valence-corrected chi connectivity index (χ4v) is 7.92. The molecule has 3 aliphatic rings. The summed E-state index contributed by atoms with van der Waals surface area (Å²) in [7, 11) is 7.07. The molecule has 1 saturated heterocycles. The summed E-state index contributed by atoms with van der Waals surface area (Å²) in [5, 5.41) is 21.4. The molecule has 3 heterocycles. The standard InChI is InChI=1S/C31H35B4Cl2F2N3O5/c1-26(44,28(39)8-10-46-11-9-28)18-12-21-24(22(38)13-18)29(17-2-4-19(36)5-3-17,47-31(34,35)27(6-7-27)30(32,33)45)42(25(21)43)16-23-40-14-20(37)15-41-23/h2-5,12-15,44-45H,6-11,16,32-35H2,1H3/t26?,29-/m1/s1. The van der Waals surface area contributed by atoms with Gasteiger partial charge in [-0.1, -0.05) is 35.3 Å². The molecule has 8 nitrogen and oxygen atoms in total. The molecular formula is C31H35B4Cl2F2N3O5. The van der Waals surface area contributed by atoms with E-state index < -0.39 is 44.9 Å². The molecule has 244 valence electrons. The molecule has 1 amide bonds.